The molecule has 0 spiro atoms. The molecule has 1 atom stereocenters. The van der Waals surface area contributed by atoms with Crippen LogP contribution in [0.25, 0.3) is 10.9 Å². The minimum Gasteiger partial charge on any atom is -0.306 e. The Hall–Kier alpha value is -2.20. The molecule has 0 aliphatic carbocycles. The number of hydrogen-bond donors (Lipinski definition) is 1. The number of hydrogen-bond acceptors (Lipinski definition) is 3. The van der Waals surface area contributed by atoms with Crippen LogP contribution in [-0.2, 0) is 7.05 Å². The molecule has 21 heavy (non-hydrogen) atoms. The molecule has 0 saturated carbocycles. The normalized spacial score (nSPS) is 12.7. The number of nitrogens with zero attached hydrogens (tertiary/aromatic N) is 3. The van der Waals surface area contributed by atoms with E-state index in [1.807, 2.05) is 30.2 Å². The van der Waals surface area contributed by atoms with Gasteiger partial charge in [0.05, 0.1) is 17.8 Å². The minimum atomic E-state index is 0.157. The Morgan fingerprint density at radius 1 is 1.24 bits per heavy atom. The van der Waals surface area contributed by atoms with E-state index in [9.17, 15) is 0 Å². The first-order valence-corrected chi connectivity index (χ1v) is 7.34. The zero-order chi connectivity index (χ0) is 14.7. The van der Waals surface area contributed by atoms with E-state index in [1.54, 1.807) is 0 Å². The summed E-state index contributed by atoms with van der Waals surface area (Å²) in [7, 11) is 1.95. The van der Waals surface area contributed by atoms with E-state index < -0.39 is 0 Å². The summed E-state index contributed by atoms with van der Waals surface area (Å²) in [4.78, 5) is 4.45. The molecule has 2 heterocycles. The Kier molecular flexibility index (Phi) is 3.97. The Morgan fingerprint density at radius 2 is 2.14 bits per heavy atom. The third-order valence-corrected chi connectivity index (χ3v) is 3.62. The molecule has 1 unspecified atom stereocenters. The van der Waals surface area contributed by atoms with Gasteiger partial charge in [0.15, 0.2) is 0 Å². The predicted octanol–water partition coefficient (Wildman–Crippen LogP) is 3.06. The summed E-state index contributed by atoms with van der Waals surface area (Å²) in [6.45, 7) is 3.15. The Morgan fingerprint density at radius 3 is 2.90 bits per heavy atom. The molecule has 1 aromatic carbocycles. The van der Waals surface area contributed by atoms with Crippen molar-refractivity contribution in [1.29, 1.82) is 0 Å². The fraction of sp³-hybridized carbons (Fsp3) is 0.294. The highest BCUT2D eigenvalue weighted by Gasteiger charge is 2.15. The largest absolute Gasteiger partial charge is 0.306 e. The quantitative estimate of drug-likeness (QED) is 0.781. The molecule has 2 aromatic heterocycles. The maximum atomic E-state index is 4.45. The first-order chi connectivity index (χ1) is 10.3. The zero-order valence-electron chi connectivity index (χ0n) is 12.5. The Bertz CT molecular complexity index is 732. The van der Waals surface area contributed by atoms with E-state index in [4.69, 9.17) is 0 Å². The average molecular weight is 280 g/mol. The number of aromatic nitrogens is 3. The summed E-state index contributed by atoms with van der Waals surface area (Å²) < 4.78 is 1.84. The van der Waals surface area contributed by atoms with Gasteiger partial charge in [-0.2, -0.15) is 5.10 Å². The Labute approximate surface area is 124 Å². The fourth-order valence-electron chi connectivity index (χ4n) is 2.57. The molecule has 0 amide bonds. The molecule has 4 heteroatoms. The van der Waals surface area contributed by atoms with Crippen LogP contribution in [0.3, 0.4) is 0 Å². The monoisotopic (exact) mass is 280 g/mol. The predicted molar refractivity (Wildman–Crippen MR) is 85.1 cm³/mol. The summed E-state index contributed by atoms with van der Waals surface area (Å²) >= 11 is 0. The lowest BCUT2D eigenvalue weighted by atomic mass is 10.00. The van der Waals surface area contributed by atoms with Crippen LogP contribution in [0.5, 0.6) is 0 Å². The molecule has 4 nitrogen and oxygen atoms in total. The van der Waals surface area contributed by atoms with Gasteiger partial charge in [0.1, 0.15) is 0 Å². The highest BCUT2D eigenvalue weighted by molar-refractivity contribution is 5.79. The smallest absolute Gasteiger partial charge is 0.0705 e. The topological polar surface area (TPSA) is 42.7 Å². The summed E-state index contributed by atoms with van der Waals surface area (Å²) in [5.41, 5.74) is 3.44. The molecule has 3 aromatic rings. The molecular weight excluding hydrogens is 260 g/mol. The maximum Gasteiger partial charge on any atom is 0.0705 e. The molecule has 3 rings (SSSR count). The van der Waals surface area contributed by atoms with Crippen LogP contribution >= 0.6 is 0 Å². The van der Waals surface area contributed by atoms with Crippen molar-refractivity contribution in [2.24, 2.45) is 7.05 Å². The molecular formula is C17H20N4. The van der Waals surface area contributed by atoms with E-state index in [1.165, 1.54) is 16.5 Å². The van der Waals surface area contributed by atoms with Crippen molar-refractivity contribution in [2.45, 2.75) is 19.4 Å². The first kappa shape index (κ1) is 13.8. The van der Waals surface area contributed by atoms with Gasteiger partial charge in [-0.3, -0.25) is 9.67 Å². The molecule has 1 N–H and O–H groups in total. The lowest BCUT2D eigenvalue weighted by molar-refractivity contribution is 0.598. The van der Waals surface area contributed by atoms with Crippen molar-refractivity contribution in [2.75, 3.05) is 6.54 Å². The van der Waals surface area contributed by atoms with E-state index >= 15 is 0 Å². The van der Waals surface area contributed by atoms with Crippen LogP contribution in [0.4, 0.5) is 0 Å². The van der Waals surface area contributed by atoms with E-state index in [0.717, 1.165) is 18.5 Å². The first-order valence-electron chi connectivity index (χ1n) is 7.34. The summed E-state index contributed by atoms with van der Waals surface area (Å²) in [6.07, 6.45) is 6.93. The third-order valence-electron chi connectivity index (χ3n) is 3.62. The highest BCUT2D eigenvalue weighted by atomic mass is 15.2. The van der Waals surface area contributed by atoms with E-state index in [2.05, 4.69) is 52.8 Å². The number of pyridine rings is 1. The van der Waals surface area contributed by atoms with Crippen molar-refractivity contribution in [3.8, 4) is 0 Å². The van der Waals surface area contributed by atoms with Gasteiger partial charge < -0.3 is 5.32 Å². The van der Waals surface area contributed by atoms with Crippen molar-refractivity contribution < 1.29 is 0 Å². The van der Waals surface area contributed by atoms with Gasteiger partial charge >= 0.3 is 0 Å². The van der Waals surface area contributed by atoms with Crippen molar-refractivity contribution >= 4 is 10.9 Å². The van der Waals surface area contributed by atoms with Crippen LogP contribution in [0.1, 0.15) is 30.5 Å². The van der Waals surface area contributed by atoms with Gasteiger partial charge in [0, 0.05) is 30.4 Å². The lowest BCUT2D eigenvalue weighted by Crippen LogP contribution is -2.22. The molecule has 108 valence electrons. The van der Waals surface area contributed by atoms with Gasteiger partial charge in [-0.1, -0.05) is 25.1 Å². The molecule has 0 radical (unpaired) electrons. The van der Waals surface area contributed by atoms with Crippen LogP contribution in [0.2, 0.25) is 0 Å². The lowest BCUT2D eigenvalue weighted by Gasteiger charge is -2.18. The third kappa shape index (κ3) is 2.95. The summed E-state index contributed by atoms with van der Waals surface area (Å²) in [6, 6.07) is 10.7. The van der Waals surface area contributed by atoms with Crippen molar-refractivity contribution in [3.63, 3.8) is 0 Å². The number of aryl methyl sites for hydroxylation is 1. The van der Waals surface area contributed by atoms with Gasteiger partial charge in [-0.05, 0) is 30.7 Å². The zero-order valence-corrected chi connectivity index (χ0v) is 12.5. The molecule has 0 fully saturated rings. The second kappa shape index (κ2) is 6.06. The van der Waals surface area contributed by atoms with Gasteiger partial charge in [-0.25, -0.2) is 0 Å². The molecule has 0 bridgehead atoms. The van der Waals surface area contributed by atoms with Gasteiger partial charge in [0.25, 0.3) is 0 Å². The second-order valence-corrected chi connectivity index (χ2v) is 5.29. The van der Waals surface area contributed by atoms with Crippen LogP contribution in [0, 0.1) is 0 Å². The number of fused-ring (bicyclic) bond motifs is 1. The minimum absolute atomic E-state index is 0.157. The van der Waals surface area contributed by atoms with Crippen LogP contribution < -0.4 is 5.32 Å². The standard InChI is InChI=1S/C17H20N4/c1-3-8-19-17(15-11-20-21(2)12-15)14-7-6-13-5-4-9-18-16(13)10-14/h4-7,9-12,17,19H,3,8H2,1-2H3. The van der Waals surface area contributed by atoms with Gasteiger partial charge in [0.2, 0.25) is 0 Å². The van der Waals surface area contributed by atoms with E-state index in [-0.39, 0.29) is 6.04 Å². The molecule has 0 saturated heterocycles. The van der Waals surface area contributed by atoms with Crippen LogP contribution in [0.15, 0.2) is 48.9 Å². The summed E-state index contributed by atoms with van der Waals surface area (Å²) in [5.74, 6) is 0. The number of benzene rings is 1. The summed E-state index contributed by atoms with van der Waals surface area (Å²) in [5, 5.41) is 9.06. The fourth-order valence-corrected chi connectivity index (χ4v) is 2.57. The number of rotatable bonds is 5. The van der Waals surface area contributed by atoms with Crippen molar-refractivity contribution in [1.82, 2.24) is 20.1 Å². The van der Waals surface area contributed by atoms with E-state index in [0.29, 0.717) is 0 Å². The average Bonchev–Trinajstić information content (AvgIpc) is 2.94. The maximum absolute atomic E-state index is 4.45. The SMILES string of the molecule is CCCNC(c1ccc2cccnc2c1)c1cnn(C)c1. The highest BCUT2D eigenvalue weighted by Crippen LogP contribution is 2.24. The molecule has 0 aliphatic heterocycles. The molecule has 0 aliphatic rings. The second-order valence-electron chi connectivity index (χ2n) is 5.29. The van der Waals surface area contributed by atoms with Gasteiger partial charge in [-0.15, -0.1) is 0 Å². The van der Waals surface area contributed by atoms with Crippen molar-refractivity contribution in [3.05, 3.63) is 60.0 Å². The van der Waals surface area contributed by atoms with Crippen LogP contribution in [-0.4, -0.2) is 21.3 Å². The number of nitrogens with one attached hydrogen (secondary N) is 1. The Balaban J connectivity index is 2.00.